The summed E-state index contributed by atoms with van der Waals surface area (Å²) in [5.41, 5.74) is 0.517. The molecule has 3 atom stereocenters. The molecule has 0 saturated heterocycles. The van der Waals surface area contributed by atoms with Gasteiger partial charge in [0.05, 0.1) is 12.2 Å². The van der Waals surface area contributed by atoms with Gasteiger partial charge in [0, 0.05) is 11.8 Å². The number of hydrogen-bond acceptors (Lipinski definition) is 3. The van der Waals surface area contributed by atoms with Gasteiger partial charge >= 0.3 is 0 Å². The summed E-state index contributed by atoms with van der Waals surface area (Å²) in [6.45, 7) is 1.88. The lowest BCUT2D eigenvalue weighted by molar-refractivity contribution is -0.130. The minimum Gasteiger partial charge on any atom is -0.390 e. The molecule has 0 spiro atoms. The highest BCUT2D eigenvalue weighted by Gasteiger charge is 2.44. The van der Waals surface area contributed by atoms with Gasteiger partial charge in [-0.1, -0.05) is 11.6 Å². The van der Waals surface area contributed by atoms with Crippen molar-refractivity contribution < 1.29 is 15.0 Å². The number of Topliss-reactive ketones (excluding diaryl/α,β-unsaturated/α-hetero) is 1. The highest BCUT2D eigenvalue weighted by Crippen LogP contribution is 2.44. The van der Waals surface area contributed by atoms with Gasteiger partial charge in [-0.25, -0.2) is 0 Å². The van der Waals surface area contributed by atoms with Gasteiger partial charge in [0.1, 0.15) is 5.78 Å². The molecule has 14 heavy (non-hydrogen) atoms. The molecule has 0 bridgehead atoms. The summed E-state index contributed by atoms with van der Waals surface area (Å²) in [7, 11) is 0. The van der Waals surface area contributed by atoms with Gasteiger partial charge in [-0.15, -0.1) is 0 Å². The summed E-state index contributed by atoms with van der Waals surface area (Å²) in [5.74, 6) is 0.209. The van der Waals surface area contributed by atoms with Gasteiger partial charge in [-0.3, -0.25) is 4.79 Å². The van der Waals surface area contributed by atoms with Crippen LogP contribution in [-0.4, -0.2) is 28.2 Å². The van der Waals surface area contributed by atoms with Gasteiger partial charge in [-0.05, 0) is 26.2 Å². The maximum absolute atomic E-state index is 11.8. The van der Waals surface area contributed by atoms with Crippen LogP contribution in [0.15, 0.2) is 11.6 Å². The first-order chi connectivity index (χ1) is 6.54. The van der Waals surface area contributed by atoms with E-state index in [0.717, 1.165) is 18.4 Å². The number of ketones is 1. The minimum atomic E-state index is -0.788. The number of carbonyl (C=O) groups is 1. The van der Waals surface area contributed by atoms with Crippen LogP contribution >= 0.6 is 0 Å². The summed E-state index contributed by atoms with van der Waals surface area (Å²) in [4.78, 5) is 11.8. The molecule has 2 aliphatic carbocycles. The van der Waals surface area contributed by atoms with Crippen LogP contribution in [0.3, 0.4) is 0 Å². The normalized spacial score (nSPS) is 43.1. The lowest BCUT2D eigenvalue weighted by atomic mass is 9.64. The van der Waals surface area contributed by atoms with E-state index < -0.39 is 17.6 Å². The molecule has 0 aliphatic heterocycles. The standard InChI is InChI=1S/C11H16O3/c1-11-6-9(13)8(12)5-7(11)3-2-4-10(11)14/h5,8-9,12-13H,2-4,6H2,1H3/t8?,9?,11-/m0/s1. The minimum absolute atomic E-state index is 0.209. The summed E-state index contributed by atoms with van der Waals surface area (Å²) in [6.07, 6.45) is 2.84. The number of hydrogen-bond donors (Lipinski definition) is 2. The van der Waals surface area contributed by atoms with Crippen molar-refractivity contribution in [2.75, 3.05) is 0 Å². The molecule has 78 valence electrons. The van der Waals surface area contributed by atoms with Crippen molar-refractivity contribution in [3.63, 3.8) is 0 Å². The second-order valence-corrected chi connectivity index (χ2v) is 4.56. The first-order valence-electron chi connectivity index (χ1n) is 5.14. The highest BCUT2D eigenvalue weighted by atomic mass is 16.3. The zero-order valence-electron chi connectivity index (χ0n) is 8.36. The van der Waals surface area contributed by atoms with E-state index in [1.54, 1.807) is 6.08 Å². The number of allylic oxidation sites excluding steroid dienone is 1. The largest absolute Gasteiger partial charge is 0.390 e. The van der Waals surface area contributed by atoms with Crippen LogP contribution in [0.1, 0.15) is 32.6 Å². The average Bonchev–Trinajstić information content (AvgIpc) is 2.11. The number of aliphatic hydroxyl groups excluding tert-OH is 2. The second-order valence-electron chi connectivity index (χ2n) is 4.56. The van der Waals surface area contributed by atoms with Crippen molar-refractivity contribution in [3.8, 4) is 0 Å². The zero-order valence-corrected chi connectivity index (χ0v) is 8.36. The molecular formula is C11H16O3. The molecule has 3 nitrogen and oxygen atoms in total. The Labute approximate surface area is 83.4 Å². The van der Waals surface area contributed by atoms with Gasteiger partial charge in [0.15, 0.2) is 0 Å². The predicted octanol–water partition coefficient (Wildman–Crippen LogP) is 0.798. The van der Waals surface area contributed by atoms with Crippen molar-refractivity contribution in [2.45, 2.75) is 44.8 Å². The molecule has 1 fully saturated rings. The SMILES string of the molecule is C[C@]12CC(O)C(O)C=C1CCCC2=O. The molecule has 0 aromatic rings. The first kappa shape index (κ1) is 9.87. The lowest BCUT2D eigenvalue weighted by Gasteiger charge is -2.41. The van der Waals surface area contributed by atoms with Crippen molar-refractivity contribution in [3.05, 3.63) is 11.6 Å². The van der Waals surface area contributed by atoms with Crippen LogP contribution in [0.25, 0.3) is 0 Å². The fourth-order valence-corrected chi connectivity index (χ4v) is 2.54. The molecule has 2 unspecified atom stereocenters. The summed E-state index contributed by atoms with van der Waals surface area (Å²) in [6, 6.07) is 0. The summed E-state index contributed by atoms with van der Waals surface area (Å²) >= 11 is 0. The van der Waals surface area contributed by atoms with Crippen LogP contribution in [0.5, 0.6) is 0 Å². The third-order valence-electron chi connectivity index (χ3n) is 3.56. The number of aliphatic hydroxyl groups is 2. The lowest BCUT2D eigenvalue weighted by Crippen LogP contribution is -2.44. The van der Waals surface area contributed by atoms with Gasteiger partial charge < -0.3 is 10.2 Å². The predicted molar refractivity (Wildman–Crippen MR) is 51.7 cm³/mol. The molecule has 2 aliphatic rings. The third-order valence-corrected chi connectivity index (χ3v) is 3.56. The van der Waals surface area contributed by atoms with E-state index in [2.05, 4.69) is 0 Å². The van der Waals surface area contributed by atoms with E-state index in [9.17, 15) is 15.0 Å². The van der Waals surface area contributed by atoms with Gasteiger partial charge in [-0.2, -0.15) is 0 Å². The van der Waals surface area contributed by atoms with Crippen molar-refractivity contribution in [1.29, 1.82) is 0 Å². The zero-order chi connectivity index (χ0) is 10.3. The monoisotopic (exact) mass is 196 g/mol. The molecule has 2 rings (SSSR count). The van der Waals surface area contributed by atoms with Crippen molar-refractivity contribution >= 4 is 5.78 Å². The number of rotatable bonds is 0. The smallest absolute Gasteiger partial charge is 0.142 e. The molecule has 3 heteroatoms. The Morgan fingerprint density at radius 2 is 2.14 bits per heavy atom. The first-order valence-corrected chi connectivity index (χ1v) is 5.14. The number of fused-ring (bicyclic) bond motifs is 1. The van der Waals surface area contributed by atoms with Crippen LogP contribution < -0.4 is 0 Å². The average molecular weight is 196 g/mol. The third kappa shape index (κ3) is 1.31. The molecule has 0 amide bonds. The molecule has 2 N–H and O–H groups in total. The maximum Gasteiger partial charge on any atom is 0.142 e. The maximum atomic E-state index is 11.8. The van der Waals surface area contributed by atoms with Crippen LogP contribution in [0.2, 0.25) is 0 Å². The fourth-order valence-electron chi connectivity index (χ4n) is 2.54. The topological polar surface area (TPSA) is 57.5 Å². The quantitative estimate of drug-likeness (QED) is 0.563. The van der Waals surface area contributed by atoms with Crippen molar-refractivity contribution in [2.24, 2.45) is 5.41 Å². The Morgan fingerprint density at radius 1 is 1.43 bits per heavy atom. The Bertz CT molecular complexity index is 295. The Hall–Kier alpha value is -0.670. The van der Waals surface area contributed by atoms with E-state index in [0.29, 0.717) is 12.8 Å². The van der Waals surface area contributed by atoms with Crippen molar-refractivity contribution in [1.82, 2.24) is 0 Å². The second kappa shape index (κ2) is 3.17. The Kier molecular flexibility index (Phi) is 2.24. The molecule has 0 aromatic heterocycles. The molecule has 0 aromatic carbocycles. The van der Waals surface area contributed by atoms with E-state index in [1.165, 1.54) is 0 Å². The highest BCUT2D eigenvalue weighted by molar-refractivity contribution is 5.89. The Morgan fingerprint density at radius 3 is 2.86 bits per heavy atom. The van der Waals surface area contributed by atoms with Gasteiger partial charge in [0.25, 0.3) is 0 Å². The molecule has 1 saturated carbocycles. The van der Waals surface area contributed by atoms with Crippen LogP contribution in [0.4, 0.5) is 0 Å². The van der Waals surface area contributed by atoms with E-state index >= 15 is 0 Å². The molecule has 0 heterocycles. The van der Waals surface area contributed by atoms with Crippen LogP contribution in [-0.2, 0) is 4.79 Å². The van der Waals surface area contributed by atoms with E-state index in [1.807, 2.05) is 6.92 Å². The summed E-state index contributed by atoms with van der Waals surface area (Å²) < 4.78 is 0. The molecule has 0 radical (unpaired) electrons. The van der Waals surface area contributed by atoms with Gasteiger partial charge in [0.2, 0.25) is 0 Å². The molecular weight excluding hydrogens is 180 g/mol. The summed E-state index contributed by atoms with van der Waals surface area (Å²) in [5, 5.41) is 19.0. The van der Waals surface area contributed by atoms with Crippen LogP contribution in [0, 0.1) is 5.41 Å². The Balaban J connectivity index is 2.37. The fraction of sp³-hybridized carbons (Fsp3) is 0.727. The van der Waals surface area contributed by atoms with E-state index in [-0.39, 0.29) is 5.78 Å². The number of carbonyl (C=O) groups excluding carboxylic acids is 1. The van der Waals surface area contributed by atoms with E-state index in [4.69, 9.17) is 0 Å².